The maximum absolute atomic E-state index is 13.5. The molecule has 0 unspecified atom stereocenters. The topological polar surface area (TPSA) is 96.6 Å². The van der Waals surface area contributed by atoms with E-state index in [4.69, 9.17) is 0 Å². The number of hydrogen-bond acceptors (Lipinski definition) is 6. The quantitative estimate of drug-likeness (QED) is 0.479. The monoisotopic (exact) mass is 416 g/mol. The molecule has 2 heterocycles. The Labute approximate surface area is 166 Å². The molecule has 1 saturated heterocycles. The third-order valence-corrected chi connectivity index (χ3v) is 6.82. The number of anilines is 1. The molecule has 1 aliphatic rings. The molecular formula is C19H17FN4O4S. The van der Waals surface area contributed by atoms with Crippen molar-refractivity contribution in [2.24, 2.45) is 0 Å². The van der Waals surface area contributed by atoms with E-state index < -0.39 is 14.9 Å². The highest BCUT2D eigenvalue weighted by Crippen LogP contribution is 2.28. The minimum Gasteiger partial charge on any atom is -0.368 e. The number of hydrogen-bond donors (Lipinski definition) is 0. The molecule has 2 aromatic carbocycles. The maximum atomic E-state index is 13.5. The van der Waals surface area contributed by atoms with Crippen LogP contribution >= 0.6 is 0 Å². The van der Waals surface area contributed by atoms with Crippen molar-refractivity contribution < 1.29 is 17.7 Å². The van der Waals surface area contributed by atoms with Gasteiger partial charge in [-0.05, 0) is 24.3 Å². The van der Waals surface area contributed by atoms with E-state index in [2.05, 4.69) is 4.98 Å². The van der Waals surface area contributed by atoms with E-state index >= 15 is 0 Å². The van der Waals surface area contributed by atoms with Crippen LogP contribution in [0.3, 0.4) is 0 Å². The van der Waals surface area contributed by atoms with Crippen molar-refractivity contribution in [2.45, 2.75) is 4.90 Å². The number of fused-ring (bicyclic) bond motifs is 1. The van der Waals surface area contributed by atoms with Crippen LogP contribution in [0.2, 0.25) is 0 Å². The number of pyridine rings is 1. The van der Waals surface area contributed by atoms with E-state index in [0.29, 0.717) is 18.6 Å². The standard InChI is InChI=1S/C19H17FN4O4S/c20-14-4-5-17-18(12-14)21-7-6-19(17)22-8-10-23(11-9-22)29(27,28)16-3-1-2-15(13-16)24(25)26/h1-7,12-13H,8-11H2. The Kier molecular flexibility index (Phi) is 4.89. The summed E-state index contributed by atoms with van der Waals surface area (Å²) in [5.74, 6) is -0.366. The summed E-state index contributed by atoms with van der Waals surface area (Å²) in [6.45, 7) is 1.33. The fourth-order valence-corrected chi connectivity index (χ4v) is 4.92. The number of aromatic nitrogens is 1. The van der Waals surface area contributed by atoms with Crippen LogP contribution in [-0.2, 0) is 10.0 Å². The summed E-state index contributed by atoms with van der Waals surface area (Å²) < 4.78 is 40.6. The number of piperazine rings is 1. The van der Waals surface area contributed by atoms with Gasteiger partial charge >= 0.3 is 0 Å². The smallest absolute Gasteiger partial charge is 0.270 e. The fourth-order valence-electron chi connectivity index (χ4n) is 3.46. The first-order chi connectivity index (χ1) is 13.9. The normalized spacial score (nSPS) is 15.6. The SMILES string of the molecule is O=[N+]([O-])c1cccc(S(=O)(=O)N2CCN(c3ccnc4cc(F)ccc34)CC2)c1. The minimum absolute atomic E-state index is 0.0926. The summed E-state index contributed by atoms with van der Waals surface area (Å²) in [5, 5.41) is 11.7. The summed E-state index contributed by atoms with van der Waals surface area (Å²) in [7, 11) is -3.83. The minimum atomic E-state index is -3.83. The van der Waals surface area contributed by atoms with Gasteiger partial charge in [0.2, 0.25) is 10.0 Å². The van der Waals surface area contributed by atoms with Crippen LogP contribution in [0.1, 0.15) is 0 Å². The van der Waals surface area contributed by atoms with E-state index in [1.54, 1.807) is 12.3 Å². The van der Waals surface area contributed by atoms with Crippen LogP contribution in [0, 0.1) is 15.9 Å². The number of nitro benzene ring substituents is 1. The molecule has 1 aromatic heterocycles. The lowest BCUT2D eigenvalue weighted by atomic mass is 10.1. The number of sulfonamides is 1. The van der Waals surface area contributed by atoms with E-state index in [1.807, 2.05) is 11.0 Å². The highest BCUT2D eigenvalue weighted by atomic mass is 32.2. The van der Waals surface area contributed by atoms with Gasteiger partial charge in [-0.25, -0.2) is 12.8 Å². The molecule has 1 fully saturated rings. The second-order valence-electron chi connectivity index (χ2n) is 6.64. The molecule has 0 radical (unpaired) electrons. The molecule has 0 spiro atoms. The van der Waals surface area contributed by atoms with Gasteiger partial charge in [-0.15, -0.1) is 0 Å². The van der Waals surface area contributed by atoms with E-state index in [0.717, 1.165) is 17.1 Å². The summed E-state index contributed by atoms with van der Waals surface area (Å²) in [6.07, 6.45) is 1.60. The molecule has 150 valence electrons. The van der Waals surface area contributed by atoms with E-state index in [9.17, 15) is 22.9 Å². The average Bonchev–Trinajstić information content (AvgIpc) is 2.73. The maximum Gasteiger partial charge on any atom is 0.270 e. The zero-order valence-electron chi connectivity index (χ0n) is 15.2. The summed E-state index contributed by atoms with van der Waals surface area (Å²) in [4.78, 5) is 16.5. The third kappa shape index (κ3) is 3.64. The van der Waals surface area contributed by atoms with Gasteiger partial charge in [0.25, 0.3) is 5.69 Å². The zero-order valence-corrected chi connectivity index (χ0v) is 16.0. The lowest BCUT2D eigenvalue weighted by Crippen LogP contribution is -2.48. The third-order valence-electron chi connectivity index (χ3n) is 4.93. The van der Waals surface area contributed by atoms with Crippen LogP contribution in [0.4, 0.5) is 15.8 Å². The first-order valence-corrected chi connectivity index (χ1v) is 10.3. The number of nitro groups is 1. The Morgan fingerprint density at radius 3 is 2.52 bits per heavy atom. The van der Waals surface area contributed by atoms with Crippen molar-refractivity contribution in [3.8, 4) is 0 Å². The zero-order chi connectivity index (χ0) is 20.6. The number of benzene rings is 2. The molecular weight excluding hydrogens is 399 g/mol. The molecule has 4 rings (SSSR count). The largest absolute Gasteiger partial charge is 0.368 e. The predicted molar refractivity (Wildman–Crippen MR) is 106 cm³/mol. The van der Waals surface area contributed by atoms with Crippen LogP contribution < -0.4 is 4.90 Å². The summed E-state index contributed by atoms with van der Waals surface area (Å²) >= 11 is 0. The van der Waals surface area contributed by atoms with Gasteiger partial charge in [-0.2, -0.15) is 4.31 Å². The molecule has 10 heteroatoms. The molecule has 8 nitrogen and oxygen atoms in total. The van der Waals surface area contributed by atoms with Gasteiger partial charge in [-0.1, -0.05) is 6.07 Å². The Hall–Kier alpha value is -3.11. The van der Waals surface area contributed by atoms with Gasteiger partial charge in [0, 0.05) is 61.6 Å². The Balaban J connectivity index is 1.55. The molecule has 0 aliphatic carbocycles. The number of rotatable bonds is 4. The molecule has 0 amide bonds. The van der Waals surface area contributed by atoms with Crippen LogP contribution in [0.15, 0.2) is 59.6 Å². The number of non-ortho nitro benzene ring substituents is 1. The Morgan fingerprint density at radius 1 is 1.03 bits per heavy atom. The van der Waals surface area contributed by atoms with E-state index in [1.165, 1.54) is 34.6 Å². The lowest BCUT2D eigenvalue weighted by molar-refractivity contribution is -0.385. The Morgan fingerprint density at radius 2 is 1.79 bits per heavy atom. The second kappa shape index (κ2) is 7.37. The highest BCUT2D eigenvalue weighted by Gasteiger charge is 2.30. The summed E-state index contributed by atoms with van der Waals surface area (Å²) in [6, 6.07) is 11.3. The molecule has 0 saturated carbocycles. The first kappa shape index (κ1) is 19.2. The van der Waals surface area contributed by atoms with Crippen LogP contribution in [0.5, 0.6) is 0 Å². The van der Waals surface area contributed by atoms with Crippen molar-refractivity contribution in [2.75, 3.05) is 31.1 Å². The first-order valence-electron chi connectivity index (χ1n) is 8.90. The Bertz CT molecular complexity index is 1190. The van der Waals surface area contributed by atoms with Crippen molar-refractivity contribution in [1.29, 1.82) is 0 Å². The predicted octanol–water partition coefficient (Wildman–Crippen LogP) is 2.79. The number of nitrogens with zero attached hydrogens (tertiary/aromatic N) is 4. The van der Waals surface area contributed by atoms with Gasteiger partial charge in [-0.3, -0.25) is 15.1 Å². The molecule has 0 N–H and O–H groups in total. The van der Waals surface area contributed by atoms with Crippen molar-refractivity contribution in [3.05, 3.63) is 70.7 Å². The average molecular weight is 416 g/mol. The molecule has 0 atom stereocenters. The van der Waals surface area contributed by atoms with Gasteiger partial charge in [0.1, 0.15) is 5.82 Å². The van der Waals surface area contributed by atoms with Gasteiger partial charge < -0.3 is 4.90 Å². The highest BCUT2D eigenvalue weighted by molar-refractivity contribution is 7.89. The molecule has 29 heavy (non-hydrogen) atoms. The lowest BCUT2D eigenvalue weighted by Gasteiger charge is -2.35. The fraction of sp³-hybridized carbons (Fsp3) is 0.211. The van der Waals surface area contributed by atoms with Gasteiger partial charge in [0.15, 0.2) is 0 Å². The van der Waals surface area contributed by atoms with Crippen LogP contribution in [-0.4, -0.2) is 48.8 Å². The molecule has 1 aliphatic heterocycles. The van der Waals surface area contributed by atoms with Gasteiger partial charge in [0.05, 0.1) is 15.3 Å². The van der Waals surface area contributed by atoms with Crippen molar-refractivity contribution >= 4 is 32.3 Å². The molecule has 0 bridgehead atoms. The second-order valence-corrected chi connectivity index (χ2v) is 8.58. The summed E-state index contributed by atoms with van der Waals surface area (Å²) in [5.41, 5.74) is 1.14. The van der Waals surface area contributed by atoms with Crippen molar-refractivity contribution in [3.63, 3.8) is 0 Å². The van der Waals surface area contributed by atoms with Crippen LogP contribution in [0.25, 0.3) is 10.9 Å². The van der Waals surface area contributed by atoms with Crippen molar-refractivity contribution in [1.82, 2.24) is 9.29 Å². The van der Waals surface area contributed by atoms with E-state index in [-0.39, 0.29) is 29.5 Å². The number of halogens is 1. The molecule has 3 aromatic rings.